The number of ether oxygens (including phenoxy) is 1. The summed E-state index contributed by atoms with van der Waals surface area (Å²) in [5.74, 6) is -1.46. The summed E-state index contributed by atoms with van der Waals surface area (Å²) < 4.78 is 6.63. The molecule has 234 valence electrons. The van der Waals surface area contributed by atoms with E-state index < -0.39 is 12.0 Å². The van der Waals surface area contributed by atoms with Crippen molar-refractivity contribution in [3.8, 4) is 16.3 Å². The number of amides is 2. The van der Waals surface area contributed by atoms with Crippen LogP contribution >= 0.6 is 11.3 Å². The molecule has 1 aromatic heterocycles. The molecule has 1 aliphatic heterocycles. The van der Waals surface area contributed by atoms with Crippen molar-refractivity contribution in [1.29, 1.82) is 0 Å². The summed E-state index contributed by atoms with van der Waals surface area (Å²) in [6, 6.07) is 18.6. The van der Waals surface area contributed by atoms with Gasteiger partial charge in [-0.15, -0.1) is 11.3 Å². The first-order valence-corrected chi connectivity index (χ1v) is 15.6. The van der Waals surface area contributed by atoms with Gasteiger partial charge in [-0.2, -0.15) is 0 Å². The van der Waals surface area contributed by atoms with E-state index in [2.05, 4.69) is 15.2 Å². The number of rotatable bonds is 10. The summed E-state index contributed by atoms with van der Waals surface area (Å²) in [4.78, 5) is 46.5. The van der Waals surface area contributed by atoms with Gasteiger partial charge in [-0.1, -0.05) is 37.3 Å². The standard InChI is InChI=1S/C34H36N4O6S/c1-21-17-38(22(2)20-39)33(41)27-5-4-6-28(36-31(40)24-11-13-25(14-12-24)32-35-15-16-45-32)30(27)44-29(21)19-37(3)18-23-7-9-26(10-8-23)34(42)43/h4-16,21-22,29,39H,17-20H2,1-3H3,(H,36,40)(H,42,43)/t21-,22+,29+/m1/s1. The van der Waals surface area contributed by atoms with Crippen LogP contribution in [-0.4, -0.2) is 81.7 Å². The lowest BCUT2D eigenvalue weighted by molar-refractivity contribution is 0.0343. The molecule has 3 aromatic carbocycles. The number of thiazole rings is 1. The lowest BCUT2D eigenvalue weighted by atomic mass is 9.98. The molecular weight excluding hydrogens is 592 g/mol. The van der Waals surface area contributed by atoms with Crippen molar-refractivity contribution in [2.45, 2.75) is 32.5 Å². The van der Waals surface area contributed by atoms with Crippen LogP contribution in [-0.2, 0) is 6.54 Å². The van der Waals surface area contributed by atoms with Crippen LogP contribution in [0.1, 0.15) is 50.5 Å². The van der Waals surface area contributed by atoms with E-state index in [1.165, 1.54) is 11.3 Å². The minimum absolute atomic E-state index is 0.130. The van der Waals surface area contributed by atoms with E-state index in [4.69, 9.17) is 4.74 Å². The zero-order valence-corrected chi connectivity index (χ0v) is 26.2. The number of carboxylic acids is 1. The Balaban J connectivity index is 1.41. The van der Waals surface area contributed by atoms with Gasteiger partial charge in [0, 0.05) is 48.3 Å². The Morgan fingerprint density at radius 2 is 1.82 bits per heavy atom. The second-order valence-corrected chi connectivity index (χ2v) is 12.3. The first-order valence-electron chi connectivity index (χ1n) is 14.7. The number of hydrogen-bond acceptors (Lipinski definition) is 8. The minimum atomic E-state index is -0.975. The number of carboxylic acid groups (broad SMARTS) is 1. The molecule has 0 saturated carbocycles. The molecule has 0 spiro atoms. The number of carbonyl (C=O) groups excluding carboxylic acids is 2. The summed E-state index contributed by atoms with van der Waals surface area (Å²) in [7, 11) is 1.95. The van der Waals surface area contributed by atoms with Crippen LogP contribution in [0.5, 0.6) is 5.75 Å². The quantitative estimate of drug-likeness (QED) is 0.221. The number of para-hydroxylation sites is 1. The Kier molecular flexibility index (Phi) is 9.92. The molecule has 0 unspecified atom stereocenters. The average molecular weight is 629 g/mol. The maximum absolute atomic E-state index is 13.8. The van der Waals surface area contributed by atoms with Crippen molar-refractivity contribution in [2.24, 2.45) is 5.92 Å². The topological polar surface area (TPSA) is 132 Å². The molecule has 3 N–H and O–H groups in total. The maximum Gasteiger partial charge on any atom is 0.335 e. The molecule has 10 nitrogen and oxygen atoms in total. The Labute approximate surface area is 265 Å². The van der Waals surface area contributed by atoms with E-state index in [1.807, 2.05) is 31.5 Å². The highest BCUT2D eigenvalue weighted by Crippen LogP contribution is 2.35. The third-order valence-corrected chi connectivity index (χ3v) is 8.73. The number of aliphatic hydroxyl groups is 1. The minimum Gasteiger partial charge on any atom is -0.486 e. The zero-order chi connectivity index (χ0) is 32.1. The molecule has 0 fully saturated rings. The number of likely N-dealkylation sites (N-methyl/N-ethyl adjacent to an activating group) is 1. The van der Waals surface area contributed by atoms with Crippen LogP contribution in [0, 0.1) is 5.92 Å². The molecule has 0 aliphatic carbocycles. The third-order valence-electron chi connectivity index (χ3n) is 7.91. The van der Waals surface area contributed by atoms with Crippen LogP contribution < -0.4 is 10.1 Å². The first kappa shape index (κ1) is 31.8. The lowest BCUT2D eigenvalue weighted by Crippen LogP contribution is -2.49. The van der Waals surface area contributed by atoms with E-state index >= 15 is 0 Å². The number of hydrogen-bond donors (Lipinski definition) is 3. The van der Waals surface area contributed by atoms with E-state index in [9.17, 15) is 24.6 Å². The van der Waals surface area contributed by atoms with Gasteiger partial charge in [0.15, 0.2) is 5.75 Å². The van der Waals surface area contributed by atoms with Gasteiger partial charge in [-0.05, 0) is 55.9 Å². The van der Waals surface area contributed by atoms with Gasteiger partial charge in [-0.25, -0.2) is 9.78 Å². The van der Waals surface area contributed by atoms with Crippen LogP contribution in [0.25, 0.3) is 10.6 Å². The number of aromatic nitrogens is 1. The number of aliphatic hydroxyl groups excluding tert-OH is 1. The van der Waals surface area contributed by atoms with Crippen molar-refractivity contribution in [1.82, 2.24) is 14.8 Å². The Bertz CT molecular complexity index is 1640. The molecule has 4 aromatic rings. The van der Waals surface area contributed by atoms with Gasteiger partial charge >= 0.3 is 5.97 Å². The van der Waals surface area contributed by atoms with Gasteiger partial charge in [0.05, 0.1) is 29.5 Å². The molecule has 0 bridgehead atoms. The smallest absolute Gasteiger partial charge is 0.335 e. The first-order chi connectivity index (χ1) is 21.6. The van der Waals surface area contributed by atoms with Gasteiger partial charge in [0.2, 0.25) is 0 Å². The number of nitrogens with one attached hydrogen (secondary N) is 1. The molecule has 0 radical (unpaired) electrons. The molecule has 2 amide bonds. The fourth-order valence-electron chi connectivity index (χ4n) is 5.32. The van der Waals surface area contributed by atoms with E-state index in [1.54, 1.807) is 72.6 Å². The molecule has 0 saturated heterocycles. The van der Waals surface area contributed by atoms with E-state index in [0.717, 1.165) is 16.1 Å². The van der Waals surface area contributed by atoms with Crippen molar-refractivity contribution in [2.75, 3.05) is 32.1 Å². The predicted molar refractivity (Wildman–Crippen MR) is 173 cm³/mol. The van der Waals surface area contributed by atoms with Gasteiger partial charge in [0.25, 0.3) is 11.8 Å². The molecule has 3 atom stereocenters. The van der Waals surface area contributed by atoms with Crippen LogP contribution in [0.4, 0.5) is 5.69 Å². The summed E-state index contributed by atoms with van der Waals surface area (Å²) in [6.07, 6.45) is 1.35. The second-order valence-electron chi connectivity index (χ2n) is 11.4. The summed E-state index contributed by atoms with van der Waals surface area (Å²) >= 11 is 1.52. The fourth-order valence-corrected chi connectivity index (χ4v) is 5.97. The molecule has 2 heterocycles. The Hall–Kier alpha value is -4.58. The summed E-state index contributed by atoms with van der Waals surface area (Å²) in [5.41, 5.74) is 3.20. The van der Waals surface area contributed by atoms with Crippen molar-refractivity contribution >= 4 is 34.8 Å². The van der Waals surface area contributed by atoms with Crippen LogP contribution in [0.15, 0.2) is 78.3 Å². The van der Waals surface area contributed by atoms with Crippen molar-refractivity contribution < 1.29 is 29.3 Å². The largest absolute Gasteiger partial charge is 0.486 e. The number of fused-ring (bicyclic) bond motifs is 1. The highest BCUT2D eigenvalue weighted by Gasteiger charge is 2.34. The van der Waals surface area contributed by atoms with Gasteiger partial charge in [0.1, 0.15) is 11.1 Å². The Morgan fingerprint density at radius 3 is 2.47 bits per heavy atom. The number of aromatic carboxylic acids is 1. The van der Waals surface area contributed by atoms with Crippen molar-refractivity contribution in [3.05, 3.63) is 101 Å². The average Bonchev–Trinajstić information content (AvgIpc) is 3.58. The summed E-state index contributed by atoms with van der Waals surface area (Å²) in [6.45, 7) is 5.00. The van der Waals surface area contributed by atoms with Crippen LogP contribution in [0.3, 0.4) is 0 Å². The molecule has 5 rings (SSSR count). The third kappa shape index (κ3) is 7.39. The monoisotopic (exact) mass is 628 g/mol. The second kappa shape index (κ2) is 14.0. The molecule has 1 aliphatic rings. The van der Waals surface area contributed by atoms with Gasteiger partial charge < -0.3 is 25.2 Å². The van der Waals surface area contributed by atoms with E-state index in [0.29, 0.717) is 36.4 Å². The normalized spacial score (nSPS) is 17.2. The SMILES string of the molecule is C[C@@H]1CN([C@@H](C)CO)C(=O)c2cccc(NC(=O)c3ccc(-c4nccs4)cc3)c2O[C@H]1CN(C)Cc1ccc(C(=O)O)cc1. The van der Waals surface area contributed by atoms with Crippen molar-refractivity contribution in [3.63, 3.8) is 0 Å². The highest BCUT2D eigenvalue weighted by molar-refractivity contribution is 7.13. The number of benzene rings is 3. The molecule has 11 heteroatoms. The molecule has 45 heavy (non-hydrogen) atoms. The van der Waals surface area contributed by atoms with E-state index in [-0.39, 0.29) is 41.8 Å². The van der Waals surface area contributed by atoms with Crippen LogP contribution in [0.2, 0.25) is 0 Å². The number of anilines is 1. The fraction of sp³-hybridized carbons (Fsp3) is 0.294. The molecular formula is C34H36N4O6S. The Morgan fingerprint density at radius 1 is 1.11 bits per heavy atom. The zero-order valence-electron chi connectivity index (χ0n) is 25.3. The van der Waals surface area contributed by atoms with Gasteiger partial charge in [-0.3, -0.25) is 14.5 Å². The number of carbonyl (C=O) groups is 3. The predicted octanol–water partition coefficient (Wildman–Crippen LogP) is 5.11. The maximum atomic E-state index is 13.8. The summed E-state index contributed by atoms with van der Waals surface area (Å²) in [5, 5.41) is 24.9. The number of nitrogens with zero attached hydrogens (tertiary/aromatic N) is 3. The highest BCUT2D eigenvalue weighted by atomic mass is 32.1. The lowest BCUT2D eigenvalue weighted by Gasteiger charge is -2.38.